The van der Waals surface area contributed by atoms with Crippen molar-refractivity contribution in [2.24, 2.45) is 0 Å². The molecule has 30 heavy (non-hydrogen) atoms. The monoisotopic (exact) mass is 538 g/mol. The lowest BCUT2D eigenvalue weighted by Gasteiger charge is -2.36. The number of aromatic hydroxyl groups is 1. The fourth-order valence-corrected chi connectivity index (χ4v) is 6.50. The van der Waals surface area contributed by atoms with Crippen molar-refractivity contribution in [1.29, 1.82) is 0 Å². The lowest BCUT2D eigenvalue weighted by molar-refractivity contribution is -0.106. The average molecular weight is 538 g/mol. The van der Waals surface area contributed by atoms with Crippen LogP contribution in [0.5, 0.6) is 5.75 Å². The molecule has 1 unspecified atom stereocenters. The molecule has 4 rings (SSSR count). The van der Waals surface area contributed by atoms with Crippen LogP contribution in [0.2, 0.25) is 0 Å². The number of aliphatic hydroxyl groups excluding tert-OH is 2. The molecule has 7 heteroatoms. The molecule has 0 amide bonds. The van der Waals surface area contributed by atoms with Gasteiger partial charge in [0.25, 0.3) is 0 Å². The normalized spacial score (nSPS) is 24.2. The van der Waals surface area contributed by atoms with E-state index in [-0.39, 0.29) is 18.8 Å². The number of halogens is 1. The van der Waals surface area contributed by atoms with Gasteiger partial charge in [-0.1, -0.05) is 30.9 Å². The largest absolute Gasteiger partial charge is 0.508 e. The first-order chi connectivity index (χ1) is 14.5. The number of rotatable bonds is 6. The first-order valence-corrected chi connectivity index (χ1v) is 12.6. The summed E-state index contributed by atoms with van der Waals surface area (Å²) < 4.78 is 18.5. The molecule has 0 bridgehead atoms. The van der Waals surface area contributed by atoms with Crippen LogP contribution in [0.15, 0.2) is 49.0 Å². The van der Waals surface area contributed by atoms with Gasteiger partial charge in [-0.3, -0.25) is 3.07 Å². The predicted octanol–water partition coefficient (Wildman–Crippen LogP) is 4.71. The van der Waals surface area contributed by atoms with E-state index in [1.165, 1.54) is 15.0 Å². The van der Waals surface area contributed by atoms with Crippen LogP contribution in [0.3, 0.4) is 0 Å². The molecule has 4 atom stereocenters. The van der Waals surface area contributed by atoms with Crippen LogP contribution in [-0.4, -0.2) is 38.1 Å². The number of ether oxygens (including phenoxy) is 1. The van der Waals surface area contributed by atoms with Gasteiger partial charge in [-0.2, -0.15) is 0 Å². The van der Waals surface area contributed by atoms with Gasteiger partial charge in [0.2, 0.25) is 0 Å². The van der Waals surface area contributed by atoms with Gasteiger partial charge in [-0.25, -0.2) is 0 Å². The molecule has 3 N–H and O–H groups in total. The first-order valence-electron chi connectivity index (χ1n) is 9.69. The maximum absolute atomic E-state index is 11.9. The summed E-state index contributed by atoms with van der Waals surface area (Å²) >= 11 is 0.143. The Labute approximate surface area is 189 Å². The van der Waals surface area contributed by atoms with E-state index in [2.05, 4.69) is 24.8 Å². The molecule has 2 aromatic carbocycles. The van der Waals surface area contributed by atoms with Crippen LogP contribution in [0.25, 0.3) is 16.2 Å². The summed E-state index contributed by atoms with van der Waals surface area (Å²) in [5, 5.41) is 31.8. The fraction of sp³-hybridized carbons (Fsp3) is 0.304. The Morgan fingerprint density at radius 3 is 2.77 bits per heavy atom. The van der Waals surface area contributed by atoms with E-state index in [9.17, 15) is 18.4 Å². The van der Waals surface area contributed by atoms with Crippen molar-refractivity contribution in [2.75, 3.05) is 6.61 Å². The van der Waals surface area contributed by atoms with E-state index < -0.39 is 43.4 Å². The van der Waals surface area contributed by atoms with Crippen LogP contribution < -0.4 is 0 Å². The molecular weight excluding hydrogens is 515 g/mol. The van der Waals surface area contributed by atoms with Gasteiger partial charge in [0, 0.05) is 28.0 Å². The van der Waals surface area contributed by atoms with Crippen LogP contribution >= 0.6 is 32.5 Å². The van der Waals surface area contributed by atoms with Gasteiger partial charge < -0.3 is 20.1 Å². The number of alkyl halides is 1. The first kappa shape index (κ1) is 21.6. The van der Waals surface area contributed by atoms with Crippen molar-refractivity contribution in [3.63, 3.8) is 0 Å². The number of fused-ring (bicyclic) bond motifs is 1. The van der Waals surface area contributed by atoms with E-state index in [4.69, 9.17) is 4.74 Å². The highest BCUT2D eigenvalue weighted by atomic mass is 127. The van der Waals surface area contributed by atoms with Crippen molar-refractivity contribution < 1.29 is 23.1 Å². The second kappa shape index (κ2) is 9.23. The van der Waals surface area contributed by atoms with Gasteiger partial charge in [0.05, 0.1) is 22.7 Å². The highest BCUT2D eigenvalue weighted by Gasteiger charge is 2.40. The minimum absolute atomic E-state index is 0.0169. The molecule has 0 aliphatic carbocycles. The zero-order valence-corrected chi connectivity index (χ0v) is 19.2. The van der Waals surface area contributed by atoms with Crippen LogP contribution in [0.4, 0.5) is 0 Å². The molecule has 1 fully saturated rings. The number of thiophene rings is 1. The molecule has 5 nitrogen and oxygen atoms in total. The molecule has 0 radical (unpaired) electrons. The SMILES string of the molecule is C=Cc1cc(O)c([C@@H]2O[C@H](CO)C[C@H](O)C2I=O)cc1Cc1cc2ccccc2s1. The predicted molar refractivity (Wildman–Crippen MR) is 127 cm³/mol. The van der Waals surface area contributed by atoms with Gasteiger partial charge in [0.1, 0.15) is 11.9 Å². The molecule has 2 heterocycles. The van der Waals surface area contributed by atoms with Crippen molar-refractivity contribution in [3.05, 3.63) is 70.6 Å². The quantitative estimate of drug-likeness (QED) is 0.313. The van der Waals surface area contributed by atoms with Gasteiger partial charge in [-0.05, 0) is 40.8 Å². The van der Waals surface area contributed by atoms with E-state index in [0.29, 0.717) is 12.0 Å². The Bertz CT molecular complexity index is 1050. The maximum atomic E-state index is 11.9. The van der Waals surface area contributed by atoms with E-state index >= 15 is 0 Å². The molecule has 0 saturated carbocycles. The number of phenols is 1. The number of phenolic OH excluding ortho intramolecular Hbond substituents is 1. The van der Waals surface area contributed by atoms with Crippen molar-refractivity contribution in [1.82, 2.24) is 0 Å². The lowest BCUT2D eigenvalue weighted by Crippen LogP contribution is -2.42. The third kappa shape index (κ3) is 4.22. The zero-order valence-electron chi connectivity index (χ0n) is 16.2. The minimum Gasteiger partial charge on any atom is -0.508 e. The summed E-state index contributed by atoms with van der Waals surface area (Å²) in [4.78, 5) is 1.18. The van der Waals surface area contributed by atoms with Crippen LogP contribution in [0.1, 0.15) is 34.1 Å². The highest BCUT2D eigenvalue weighted by molar-refractivity contribution is 14.1. The molecule has 158 valence electrons. The third-order valence-electron chi connectivity index (χ3n) is 5.46. The Hall–Kier alpha value is -1.65. The van der Waals surface area contributed by atoms with Gasteiger partial charge in [0.15, 0.2) is 21.2 Å². The Morgan fingerprint density at radius 1 is 1.27 bits per heavy atom. The summed E-state index contributed by atoms with van der Waals surface area (Å²) in [6, 6.07) is 13.9. The smallest absolute Gasteiger partial charge is 0.153 e. The molecule has 3 aromatic rings. The van der Waals surface area contributed by atoms with Gasteiger partial charge >= 0.3 is 0 Å². The van der Waals surface area contributed by atoms with Crippen LogP contribution in [0, 0.1) is 0 Å². The highest BCUT2D eigenvalue weighted by Crippen LogP contribution is 2.43. The van der Waals surface area contributed by atoms with E-state index in [1.54, 1.807) is 23.5 Å². The van der Waals surface area contributed by atoms with Crippen LogP contribution in [-0.2, 0) is 14.2 Å². The zero-order chi connectivity index (χ0) is 21.3. The van der Waals surface area contributed by atoms with Crippen molar-refractivity contribution in [2.45, 2.75) is 35.1 Å². The molecule has 1 saturated heterocycles. The summed E-state index contributed by atoms with van der Waals surface area (Å²) in [5.41, 5.74) is 2.28. The Kier molecular flexibility index (Phi) is 6.64. The number of aliphatic hydroxyl groups is 2. The number of hydrogen-bond acceptors (Lipinski definition) is 6. The molecule has 0 spiro atoms. The fourth-order valence-electron chi connectivity index (χ4n) is 3.96. The van der Waals surface area contributed by atoms with Crippen molar-refractivity contribution >= 4 is 48.7 Å². The minimum atomic E-state index is -1.58. The number of benzene rings is 2. The molecule has 1 aromatic heterocycles. The van der Waals surface area contributed by atoms with E-state index in [0.717, 1.165) is 11.1 Å². The molecular formula is C23H23IO5S. The molecule has 1 aliphatic heterocycles. The summed E-state index contributed by atoms with van der Waals surface area (Å²) in [7, 11) is 0. The standard InChI is InChI=1S/C23H23IO5S/c1-2-13-10-19(26)18(23-22(24-28)20(27)11-16(12-25)29-23)9-15(13)8-17-7-14-5-3-4-6-21(14)30-17/h2-7,9-10,16,20,22-23,25-27H,1,8,11-12H2/t16-,20-,22?,23-/m0/s1. The second-order valence-corrected chi connectivity index (χ2v) is 10.6. The third-order valence-corrected chi connectivity index (χ3v) is 8.65. The Morgan fingerprint density at radius 2 is 2.07 bits per heavy atom. The molecule has 1 aliphatic rings. The second-order valence-electron chi connectivity index (χ2n) is 7.44. The topological polar surface area (TPSA) is 87.0 Å². The lowest BCUT2D eigenvalue weighted by atomic mass is 9.92. The summed E-state index contributed by atoms with van der Waals surface area (Å²) in [6.45, 7) is 3.63. The summed E-state index contributed by atoms with van der Waals surface area (Å²) in [5.74, 6) is 0.0169. The summed E-state index contributed by atoms with van der Waals surface area (Å²) in [6.07, 6.45) is 0.481. The number of hydrogen-bond donors (Lipinski definition) is 3. The maximum Gasteiger partial charge on any atom is 0.153 e. The van der Waals surface area contributed by atoms with E-state index in [1.807, 2.05) is 18.2 Å². The van der Waals surface area contributed by atoms with Crippen molar-refractivity contribution in [3.8, 4) is 5.75 Å². The van der Waals surface area contributed by atoms with Gasteiger partial charge in [-0.15, -0.1) is 11.3 Å². The average Bonchev–Trinajstić information content (AvgIpc) is 3.16. The Balaban J connectivity index is 1.73.